The second kappa shape index (κ2) is 11.2. The largest absolute Gasteiger partial charge is 0.207 e. The summed E-state index contributed by atoms with van der Waals surface area (Å²) >= 11 is 0. The summed E-state index contributed by atoms with van der Waals surface area (Å²) in [5.74, 6) is 5.60. The van der Waals surface area contributed by atoms with Crippen LogP contribution in [0.5, 0.6) is 0 Å². The molecule has 3 aliphatic rings. The van der Waals surface area contributed by atoms with Gasteiger partial charge in [0.05, 0.1) is 0 Å². The van der Waals surface area contributed by atoms with Crippen LogP contribution in [0.4, 0.5) is 4.39 Å². The fraction of sp³-hybridized carbons (Fsp3) is 0.733. The van der Waals surface area contributed by atoms with Crippen LogP contribution >= 0.6 is 0 Å². The average Bonchev–Trinajstić information content (AvgIpc) is 2.81. The Bertz CT molecular complexity index is 698. The maximum Gasteiger partial charge on any atom is 0.126 e. The van der Waals surface area contributed by atoms with Gasteiger partial charge in [-0.1, -0.05) is 50.8 Å². The van der Waals surface area contributed by atoms with E-state index in [0.29, 0.717) is 5.92 Å². The Labute approximate surface area is 191 Å². The van der Waals surface area contributed by atoms with Gasteiger partial charge in [-0.05, 0) is 123 Å². The first kappa shape index (κ1) is 23.1. The first-order valence-corrected chi connectivity index (χ1v) is 13.6. The zero-order valence-electron chi connectivity index (χ0n) is 20.0. The quantitative estimate of drug-likeness (QED) is 0.365. The minimum Gasteiger partial charge on any atom is -0.207 e. The van der Waals surface area contributed by atoms with Gasteiger partial charge in [-0.2, -0.15) is 0 Å². The van der Waals surface area contributed by atoms with Crippen LogP contribution in [0, 0.1) is 35.4 Å². The van der Waals surface area contributed by atoms with Gasteiger partial charge in [0.15, 0.2) is 0 Å². The van der Waals surface area contributed by atoms with Crippen molar-refractivity contribution >= 4 is 0 Å². The first-order chi connectivity index (χ1) is 15.2. The van der Waals surface area contributed by atoms with Crippen LogP contribution in [0.3, 0.4) is 0 Å². The van der Waals surface area contributed by atoms with Crippen molar-refractivity contribution in [1.82, 2.24) is 0 Å². The normalized spacial score (nSPS) is 33.6. The van der Waals surface area contributed by atoms with Gasteiger partial charge in [0, 0.05) is 0 Å². The number of aryl methyl sites for hydroxylation is 1. The van der Waals surface area contributed by atoms with Gasteiger partial charge in [0.25, 0.3) is 0 Å². The molecule has 0 bridgehead atoms. The van der Waals surface area contributed by atoms with Crippen molar-refractivity contribution in [2.75, 3.05) is 0 Å². The molecule has 4 rings (SSSR count). The van der Waals surface area contributed by atoms with E-state index in [1.165, 1.54) is 82.6 Å². The van der Waals surface area contributed by atoms with Gasteiger partial charge in [-0.25, -0.2) is 4.39 Å². The Kier molecular flexibility index (Phi) is 8.30. The third-order valence-electron chi connectivity index (χ3n) is 9.33. The van der Waals surface area contributed by atoms with Crippen LogP contribution in [0.15, 0.2) is 30.9 Å². The van der Waals surface area contributed by atoms with E-state index in [2.05, 4.69) is 19.6 Å². The van der Waals surface area contributed by atoms with Crippen LogP contribution in [-0.2, 0) is 6.42 Å². The molecule has 0 radical (unpaired) electrons. The molecular weight excluding hydrogens is 379 g/mol. The summed E-state index contributed by atoms with van der Waals surface area (Å²) in [5, 5.41) is 0. The summed E-state index contributed by atoms with van der Waals surface area (Å²) in [6.45, 7) is 6.09. The number of benzene rings is 1. The van der Waals surface area contributed by atoms with E-state index < -0.39 is 0 Å². The third kappa shape index (κ3) is 5.82. The lowest BCUT2D eigenvalue weighted by Gasteiger charge is -2.45. The Hall–Kier alpha value is -1.11. The summed E-state index contributed by atoms with van der Waals surface area (Å²) in [7, 11) is 0. The standard InChI is InChI=1S/C30H45F/c1-3-5-7-22-9-10-28-20-27(18-17-26(28)19-22)23-11-13-24(14-12-23)29-16-15-25(8-6-4-2)30(31)21-29/h4,15-16,21-24,26-28H,2-3,5-14,17-20H2,1H3. The van der Waals surface area contributed by atoms with Gasteiger partial charge in [0.1, 0.15) is 5.82 Å². The molecule has 3 fully saturated rings. The number of allylic oxidation sites excluding steroid dienone is 1. The SMILES string of the molecule is C=CCCc1ccc(C2CCC(C3CCC4CC(CCCC)CCC4C3)CC2)cc1F. The Morgan fingerprint density at radius 2 is 1.58 bits per heavy atom. The molecule has 1 heteroatoms. The monoisotopic (exact) mass is 424 g/mol. The molecule has 3 aliphatic carbocycles. The maximum absolute atomic E-state index is 14.5. The van der Waals surface area contributed by atoms with E-state index in [4.69, 9.17) is 0 Å². The lowest BCUT2D eigenvalue weighted by atomic mass is 9.60. The molecule has 0 aliphatic heterocycles. The average molecular weight is 425 g/mol. The predicted octanol–water partition coefficient (Wildman–Crippen LogP) is 9.24. The van der Waals surface area contributed by atoms with E-state index in [1.807, 2.05) is 18.2 Å². The number of fused-ring (bicyclic) bond motifs is 1. The molecule has 0 saturated heterocycles. The fourth-order valence-corrected chi connectivity index (χ4v) is 7.41. The Balaban J connectivity index is 1.25. The zero-order valence-corrected chi connectivity index (χ0v) is 20.0. The van der Waals surface area contributed by atoms with Gasteiger partial charge in [-0.3, -0.25) is 0 Å². The smallest absolute Gasteiger partial charge is 0.126 e. The Morgan fingerprint density at radius 3 is 2.29 bits per heavy atom. The number of rotatable bonds is 8. The van der Waals surface area contributed by atoms with Crippen LogP contribution in [-0.4, -0.2) is 0 Å². The maximum atomic E-state index is 14.5. The number of unbranched alkanes of at least 4 members (excludes halogenated alkanes) is 1. The molecule has 1 aromatic rings. The van der Waals surface area contributed by atoms with Crippen LogP contribution < -0.4 is 0 Å². The summed E-state index contributed by atoms with van der Waals surface area (Å²) in [5.41, 5.74) is 2.09. The summed E-state index contributed by atoms with van der Waals surface area (Å²) < 4.78 is 14.5. The summed E-state index contributed by atoms with van der Waals surface area (Å²) in [6.07, 6.45) is 22.1. The van der Waals surface area contributed by atoms with E-state index in [9.17, 15) is 4.39 Å². The van der Waals surface area contributed by atoms with Crippen LogP contribution in [0.25, 0.3) is 0 Å². The third-order valence-corrected chi connectivity index (χ3v) is 9.33. The van der Waals surface area contributed by atoms with Crippen molar-refractivity contribution in [3.8, 4) is 0 Å². The highest BCUT2D eigenvalue weighted by Crippen LogP contribution is 2.50. The predicted molar refractivity (Wildman–Crippen MR) is 131 cm³/mol. The van der Waals surface area contributed by atoms with E-state index in [0.717, 1.165) is 48.0 Å². The van der Waals surface area contributed by atoms with E-state index in [1.54, 1.807) is 6.42 Å². The van der Waals surface area contributed by atoms with Crippen molar-refractivity contribution in [3.05, 3.63) is 47.8 Å². The molecule has 4 atom stereocenters. The molecule has 0 amide bonds. The summed E-state index contributed by atoms with van der Waals surface area (Å²) in [6, 6.07) is 6.07. The van der Waals surface area contributed by atoms with Crippen molar-refractivity contribution in [2.45, 2.75) is 109 Å². The molecule has 0 spiro atoms. The van der Waals surface area contributed by atoms with E-state index >= 15 is 0 Å². The van der Waals surface area contributed by atoms with E-state index in [-0.39, 0.29) is 5.82 Å². The van der Waals surface area contributed by atoms with Gasteiger partial charge in [-0.15, -0.1) is 6.58 Å². The minimum absolute atomic E-state index is 0.00525. The Morgan fingerprint density at radius 1 is 0.903 bits per heavy atom. The topological polar surface area (TPSA) is 0 Å². The van der Waals surface area contributed by atoms with Crippen LogP contribution in [0.2, 0.25) is 0 Å². The van der Waals surface area contributed by atoms with Crippen molar-refractivity contribution in [1.29, 1.82) is 0 Å². The van der Waals surface area contributed by atoms with Gasteiger partial charge < -0.3 is 0 Å². The van der Waals surface area contributed by atoms with Crippen LogP contribution in [0.1, 0.15) is 114 Å². The molecule has 0 nitrogen and oxygen atoms in total. The lowest BCUT2D eigenvalue weighted by molar-refractivity contribution is 0.0614. The number of hydrogen-bond donors (Lipinski definition) is 0. The lowest BCUT2D eigenvalue weighted by Crippen LogP contribution is -2.34. The van der Waals surface area contributed by atoms with Gasteiger partial charge in [0.2, 0.25) is 0 Å². The highest BCUT2D eigenvalue weighted by molar-refractivity contribution is 5.27. The molecule has 0 N–H and O–H groups in total. The minimum atomic E-state index is -0.00525. The van der Waals surface area contributed by atoms with Crippen molar-refractivity contribution in [2.24, 2.45) is 29.6 Å². The highest BCUT2D eigenvalue weighted by Gasteiger charge is 2.38. The molecule has 4 unspecified atom stereocenters. The highest BCUT2D eigenvalue weighted by atomic mass is 19.1. The molecule has 1 aromatic carbocycles. The molecule has 0 aromatic heterocycles. The molecule has 172 valence electrons. The molecular formula is C30H45F. The second-order valence-corrected chi connectivity index (χ2v) is 11.2. The van der Waals surface area contributed by atoms with Crippen molar-refractivity contribution < 1.29 is 4.39 Å². The second-order valence-electron chi connectivity index (χ2n) is 11.2. The van der Waals surface area contributed by atoms with Crippen molar-refractivity contribution in [3.63, 3.8) is 0 Å². The molecule has 31 heavy (non-hydrogen) atoms. The molecule has 0 heterocycles. The zero-order chi connectivity index (χ0) is 21.6. The van der Waals surface area contributed by atoms with Gasteiger partial charge >= 0.3 is 0 Å². The molecule has 3 saturated carbocycles. The number of halogens is 1. The fourth-order valence-electron chi connectivity index (χ4n) is 7.41. The number of hydrogen-bond acceptors (Lipinski definition) is 0. The first-order valence-electron chi connectivity index (χ1n) is 13.6. The summed E-state index contributed by atoms with van der Waals surface area (Å²) in [4.78, 5) is 0.